The van der Waals surface area contributed by atoms with Crippen molar-refractivity contribution < 1.29 is 36.6 Å². The number of nitrogens with zero attached hydrogens (tertiary/aromatic N) is 5. The summed E-state index contributed by atoms with van der Waals surface area (Å²) >= 11 is 0. The Balaban J connectivity index is 1.45. The number of nitrogens with one attached hydrogen (secondary N) is 2. The van der Waals surface area contributed by atoms with E-state index in [1.54, 1.807) is 0 Å². The molecular weight excluding hydrogens is 490 g/mol. The minimum Gasteiger partial charge on any atom is -0.441 e. The van der Waals surface area contributed by atoms with E-state index in [9.17, 15) is 27.2 Å². The zero-order valence-corrected chi connectivity index (χ0v) is 18.8. The fourth-order valence-electron chi connectivity index (χ4n) is 3.28. The summed E-state index contributed by atoms with van der Waals surface area (Å²) in [4.78, 5) is 32.1. The van der Waals surface area contributed by atoms with Gasteiger partial charge in [0.25, 0.3) is 6.43 Å². The molecule has 0 unspecified atom stereocenters. The van der Waals surface area contributed by atoms with E-state index in [0.29, 0.717) is 6.20 Å². The zero-order chi connectivity index (χ0) is 26.0. The van der Waals surface area contributed by atoms with Crippen LogP contribution in [0.15, 0.2) is 30.6 Å². The number of alkyl halides is 2. The van der Waals surface area contributed by atoms with Gasteiger partial charge in [-0.05, 0) is 25.1 Å². The first-order valence-corrected chi connectivity index (χ1v) is 10.4. The van der Waals surface area contributed by atoms with E-state index in [1.807, 2.05) is 0 Å². The summed E-state index contributed by atoms with van der Waals surface area (Å²) in [5.74, 6) is -2.60. The molecule has 2 amide bonds. The van der Waals surface area contributed by atoms with Crippen LogP contribution in [0.1, 0.15) is 18.6 Å². The van der Waals surface area contributed by atoms with Gasteiger partial charge in [-0.3, -0.25) is 15.1 Å². The molecule has 4 rings (SSSR count). The fraction of sp³-hybridized carbons (Fsp3) is 0.333. The third-order valence-electron chi connectivity index (χ3n) is 5.46. The van der Waals surface area contributed by atoms with Crippen LogP contribution in [-0.4, -0.2) is 56.6 Å². The van der Waals surface area contributed by atoms with Crippen LogP contribution in [0.25, 0.3) is 11.4 Å². The Kier molecular flexibility index (Phi) is 6.83. The van der Waals surface area contributed by atoms with E-state index >= 15 is 0 Å². The molecule has 0 aromatic carbocycles. The lowest BCUT2D eigenvalue weighted by Gasteiger charge is -2.38. The van der Waals surface area contributed by atoms with Gasteiger partial charge in [0, 0.05) is 7.05 Å². The Bertz CT molecular complexity index is 1280. The van der Waals surface area contributed by atoms with Crippen molar-refractivity contribution in [3.05, 3.63) is 47.9 Å². The molecule has 1 fully saturated rings. The van der Waals surface area contributed by atoms with Crippen LogP contribution in [0.3, 0.4) is 0 Å². The van der Waals surface area contributed by atoms with Gasteiger partial charge in [-0.15, -0.1) is 5.10 Å². The predicted octanol–water partition coefficient (Wildman–Crippen LogP) is 3.08. The SMILES string of the molecule is C[C@@H](OC(=O)Nc1c(-c2ccc(NC(=O)C3(C(F)F)COC3)cn2)nnn1C)c1cc(F)cnc1F. The molecule has 0 spiro atoms. The number of hydrogen-bond acceptors (Lipinski definition) is 8. The Morgan fingerprint density at radius 2 is 1.92 bits per heavy atom. The van der Waals surface area contributed by atoms with Gasteiger partial charge in [0.2, 0.25) is 11.9 Å². The summed E-state index contributed by atoms with van der Waals surface area (Å²) in [6, 6.07) is 3.71. The summed E-state index contributed by atoms with van der Waals surface area (Å²) in [6.07, 6.45) is -3.15. The van der Waals surface area contributed by atoms with Gasteiger partial charge < -0.3 is 14.8 Å². The van der Waals surface area contributed by atoms with Crippen molar-refractivity contribution in [1.82, 2.24) is 25.0 Å². The lowest BCUT2D eigenvalue weighted by atomic mass is 9.85. The topological polar surface area (TPSA) is 133 Å². The van der Waals surface area contributed by atoms with Gasteiger partial charge in [0.05, 0.1) is 42.6 Å². The second-order valence-electron chi connectivity index (χ2n) is 7.95. The molecule has 0 radical (unpaired) electrons. The lowest BCUT2D eigenvalue weighted by Crippen LogP contribution is -2.56. The molecule has 0 bridgehead atoms. The highest BCUT2D eigenvalue weighted by Gasteiger charge is 2.54. The summed E-state index contributed by atoms with van der Waals surface area (Å²) in [6.45, 7) is 0.575. The molecule has 1 saturated heterocycles. The van der Waals surface area contributed by atoms with Crippen LogP contribution in [0, 0.1) is 17.2 Å². The zero-order valence-electron chi connectivity index (χ0n) is 18.8. The van der Waals surface area contributed by atoms with Gasteiger partial charge in [-0.2, -0.15) is 4.39 Å². The molecule has 2 N–H and O–H groups in total. The highest BCUT2D eigenvalue weighted by molar-refractivity contribution is 5.96. The van der Waals surface area contributed by atoms with Crippen molar-refractivity contribution in [1.29, 1.82) is 0 Å². The van der Waals surface area contributed by atoms with Crippen molar-refractivity contribution in [3.8, 4) is 11.4 Å². The molecule has 3 aromatic heterocycles. The molecule has 4 heterocycles. The number of amides is 2. The van der Waals surface area contributed by atoms with E-state index in [-0.39, 0.29) is 41.7 Å². The molecule has 190 valence electrons. The fourth-order valence-corrected chi connectivity index (χ4v) is 3.28. The van der Waals surface area contributed by atoms with Crippen molar-refractivity contribution >= 4 is 23.5 Å². The molecular formula is C21H19F4N7O4. The van der Waals surface area contributed by atoms with Gasteiger partial charge in [0.15, 0.2) is 16.9 Å². The van der Waals surface area contributed by atoms with Gasteiger partial charge >= 0.3 is 6.09 Å². The maximum absolute atomic E-state index is 13.8. The molecule has 15 heteroatoms. The number of aromatic nitrogens is 5. The number of anilines is 2. The van der Waals surface area contributed by atoms with E-state index in [1.165, 1.54) is 37.0 Å². The minimum absolute atomic E-state index is 0.0672. The Morgan fingerprint density at radius 3 is 2.53 bits per heavy atom. The van der Waals surface area contributed by atoms with Gasteiger partial charge in [0.1, 0.15) is 11.9 Å². The van der Waals surface area contributed by atoms with E-state index in [0.717, 1.165) is 6.07 Å². The summed E-state index contributed by atoms with van der Waals surface area (Å²) in [5, 5.41) is 12.6. The molecule has 36 heavy (non-hydrogen) atoms. The normalized spacial score (nSPS) is 15.2. The summed E-state index contributed by atoms with van der Waals surface area (Å²) < 4.78 is 64.9. The number of halogens is 4. The number of hydrogen-bond donors (Lipinski definition) is 2. The number of carbonyl (C=O) groups is 2. The van der Waals surface area contributed by atoms with E-state index in [2.05, 4.69) is 30.9 Å². The molecule has 0 saturated carbocycles. The number of aryl methyl sites for hydroxylation is 1. The van der Waals surface area contributed by atoms with Gasteiger partial charge in [-0.25, -0.2) is 27.6 Å². The third-order valence-corrected chi connectivity index (χ3v) is 5.46. The van der Waals surface area contributed by atoms with Crippen molar-refractivity contribution in [2.45, 2.75) is 19.5 Å². The first-order valence-electron chi connectivity index (χ1n) is 10.4. The van der Waals surface area contributed by atoms with Gasteiger partial charge in [-0.1, -0.05) is 5.21 Å². The second-order valence-corrected chi connectivity index (χ2v) is 7.95. The summed E-state index contributed by atoms with van der Waals surface area (Å²) in [5.41, 5.74) is -1.65. The van der Waals surface area contributed by atoms with Crippen LogP contribution < -0.4 is 10.6 Å². The largest absolute Gasteiger partial charge is 0.441 e. The van der Waals surface area contributed by atoms with Crippen LogP contribution in [-0.2, 0) is 21.3 Å². The molecule has 1 aliphatic rings. The number of carbonyl (C=O) groups excluding carboxylic acids is 2. The molecule has 1 atom stereocenters. The van der Waals surface area contributed by atoms with Crippen LogP contribution in [0.4, 0.5) is 33.9 Å². The summed E-state index contributed by atoms with van der Waals surface area (Å²) in [7, 11) is 1.48. The maximum atomic E-state index is 13.8. The second kappa shape index (κ2) is 9.85. The number of pyridine rings is 2. The Hall–Kier alpha value is -4.14. The average molecular weight is 509 g/mol. The van der Waals surface area contributed by atoms with Crippen LogP contribution >= 0.6 is 0 Å². The van der Waals surface area contributed by atoms with Crippen molar-refractivity contribution in [2.75, 3.05) is 23.8 Å². The minimum atomic E-state index is -2.89. The molecule has 3 aromatic rings. The van der Waals surface area contributed by atoms with Crippen molar-refractivity contribution in [3.63, 3.8) is 0 Å². The monoisotopic (exact) mass is 509 g/mol. The van der Waals surface area contributed by atoms with Crippen LogP contribution in [0.2, 0.25) is 0 Å². The van der Waals surface area contributed by atoms with Crippen LogP contribution in [0.5, 0.6) is 0 Å². The Morgan fingerprint density at radius 1 is 1.17 bits per heavy atom. The van der Waals surface area contributed by atoms with Crippen molar-refractivity contribution in [2.24, 2.45) is 12.5 Å². The first-order chi connectivity index (χ1) is 17.1. The number of rotatable bonds is 7. The maximum Gasteiger partial charge on any atom is 0.413 e. The lowest BCUT2D eigenvalue weighted by molar-refractivity contribution is -0.189. The predicted molar refractivity (Wildman–Crippen MR) is 115 cm³/mol. The first kappa shape index (κ1) is 25.0. The Labute approximate surface area is 200 Å². The molecule has 1 aliphatic heterocycles. The van der Waals surface area contributed by atoms with E-state index in [4.69, 9.17) is 9.47 Å². The number of ether oxygens (including phenoxy) is 2. The smallest absolute Gasteiger partial charge is 0.413 e. The standard InChI is InChI=1S/C21H19F4N7O4/c1-10(13-5-11(22)6-27-16(13)23)36-20(34)29-17-15(30-31-32(17)2)14-4-3-12(7-26-14)28-19(33)21(18(24)25)8-35-9-21/h3-7,10,18H,8-9H2,1-2H3,(H,28,33)(H,29,34)/t10-/m1/s1. The molecule has 0 aliphatic carbocycles. The third kappa shape index (κ3) is 4.82. The highest BCUT2D eigenvalue weighted by atomic mass is 19.3. The van der Waals surface area contributed by atoms with E-state index < -0.39 is 41.7 Å². The quantitative estimate of drug-likeness (QED) is 0.367. The average Bonchev–Trinajstić information content (AvgIpc) is 3.14. The molecule has 11 nitrogen and oxygen atoms in total. The highest BCUT2D eigenvalue weighted by Crippen LogP contribution is 2.36.